The van der Waals surface area contributed by atoms with E-state index >= 15 is 0 Å². The fourth-order valence-electron chi connectivity index (χ4n) is 2.18. The van der Waals surface area contributed by atoms with Crippen LogP contribution in [-0.2, 0) is 19.3 Å². The Bertz CT molecular complexity index is 438. The van der Waals surface area contributed by atoms with Gasteiger partial charge in [0.2, 0.25) is 0 Å². The van der Waals surface area contributed by atoms with Crippen LogP contribution in [0.2, 0.25) is 0 Å². The molecule has 0 amide bonds. The molecular formula is C17H22N2. The normalized spacial score (nSPS) is 10.6. The SMILES string of the molecule is CCCc1ccc(Cc2ccc(CCC)cn2)nc1. The molecule has 0 fully saturated rings. The van der Waals surface area contributed by atoms with Gasteiger partial charge in [0.15, 0.2) is 0 Å². The molecule has 0 bridgehead atoms. The molecule has 2 aromatic heterocycles. The van der Waals surface area contributed by atoms with Crippen LogP contribution < -0.4 is 0 Å². The van der Waals surface area contributed by atoms with Gasteiger partial charge in [0.25, 0.3) is 0 Å². The van der Waals surface area contributed by atoms with E-state index in [0.29, 0.717) is 0 Å². The van der Waals surface area contributed by atoms with E-state index in [4.69, 9.17) is 0 Å². The quantitative estimate of drug-likeness (QED) is 0.779. The van der Waals surface area contributed by atoms with E-state index in [1.54, 1.807) is 0 Å². The summed E-state index contributed by atoms with van der Waals surface area (Å²) in [5, 5.41) is 0. The van der Waals surface area contributed by atoms with E-state index in [1.165, 1.54) is 24.0 Å². The molecule has 0 aromatic carbocycles. The number of nitrogens with zero attached hydrogens (tertiary/aromatic N) is 2. The first-order valence-electron chi connectivity index (χ1n) is 7.19. The topological polar surface area (TPSA) is 25.8 Å². The molecule has 0 aliphatic carbocycles. The molecule has 2 heterocycles. The largest absolute Gasteiger partial charge is 0.261 e. The van der Waals surface area contributed by atoms with Crippen molar-refractivity contribution in [2.45, 2.75) is 46.0 Å². The summed E-state index contributed by atoms with van der Waals surface area (Å²) >= 11 is 0. The third-order valence-electron chi connectivity index (χ3n) is 3.21. The van der Waals surface area contributed by atoms with Crippen LogP contribution in [0, 0.1) is 0 Å². The van der Waals surface area contributed by atoms with E-state index in [2.05, 4.69) is 48.1 Å². The summed E-state index contributed by atoms with van der Waals surface area (Å²) in [6, 6.07) is 8.59. The van der Waals surface area contributed by atoms with Gasteiger partial charge in [0, 0.05) is 30.2 Å². The molecule has 2 nitrogen and oxygen atoms in total. The van der Waals surface area contributed by atoms with E-state index in [0.717, 1.165) is 30.7 Å². The van der Waals surface area contributed by atoms with Crippen molar-refractivity contribution in [3.63, 3.8) is 0 Å². The van der Waals surface area contributed by atoms with Crippen molar-refractivity contribution in [1.29, 1.82) is 0 Å². The van der Waals surface area contributed by atoms with Crippen LogP contribution in [0.15, 0.2) is 36.7 Å². The minimum atomic E-state index is 0.818. The van der Waals surface area contributed by atoms with Gasteiger partial charge in [-0.1, -0.05) is 38.8 Å². The Morgan fingerprint density at radius 1 is 0.737 bits per heavy atom. The van der Waals surface area contributed by atoms with Crippen LogP contribution >= 0.6 is 0 Å². The average molecular weight is 254 g/mol. The highest BCUT2D eigenvalue weighted by molar-refractivity contribution is 5.21. The lowest BCUT2D eigenvalue weighted by molar-refractivity contribution is 0.895. The Morgan fingerprint density at radius 3 is 1.53 bits per heavy atom. The van der Waals surface area contributed by atoms with Crippen LogP contribution in [0.3, 0.4) is 0 Å². The number of pyridine rings is 2. The van der Waals surface area contributed by atoms with Crippen LogP contribution in [-0.4, -0.2) is 9.97 Å². The zero-order valence-corrected chi connectivity index (χ0v) is 11.9. The average Bonchev–Trinajstić information content (AvgIpc) is 2.44. The fourth-order valence-corrected chi connectivity index (χ4v) is 2.18. The molecule has 19 heavy (non-hydrogen) atoms. The zero-order valence-electron chi connectivity index (χ0n) is 11.9. The lowest BCUT2D eigenvalue weighted by Gasteiger charge is -2.04. The van der Waals surface area contributed by atoms with Gasteiger partial charge in [-0.25, -0.2) is 0 Å². The lowest BCUT2D eigenvalue weighted by atomic mass is 10.1. The molecule has 2 aromatic rings. The molecule has 0 unspecified atom stereocenters. The molecule has 0 saturated heterocycles. The number of hydrogen-bond donors (Lipinski definition) is 0. The van der Waals surface area contributed by atoms with E-state index in [9.17, 15) is 0 Å². The number of hydrogen-bond acceptors (Lipinski definition) is 2. The summed E-state index contributed by atoms with van der Waals surface area (Å²) in [7, 11) is 0. The van der Waals surface area contributed by atoms with E-state index < -0.39 is 0 Å². The Hall–Kier alpha value is -1.70. The molecule has 0 radical (unpaired) electrons. The number of aryl methyl sites for hydroxylation is 2. The van der Waals surface area contributed by atoms with Crippen LogP contribution in [0.1, 0.15) is 49.2 Å². The van der Waals surface area contributed by atoms with Crippen LogP contribution in [0.4, 0.5) is 0 Å². The minimum Gasteiger partial charge on any atom is -0.261 e. The smallest absolute Gasteiger partial charge is 0.0463 e. The summed E-state index contributed by atoms with van der Waals surface area (Å²) in [6.07, 6.45) is 9.35. The van der Waals surface area contributed by atoms with Crippen molar-refractivity contribution >= 4 is 0 Å². The molecule has 0 aliphatic heterocycles. The van der Waals surface area contributed by atoms with Crippen molar-refractivity contribution in [1.82, 2.24) is 9.97 Å². The summed E-state index contributed by atoms with van der Waals surface area (Å²) in [4.78, 5) is 9.02. The van der Waals surface area contributed by atoms with Crippen molar-refractivity contribution < 1.29 is 0 Å². The monoisotopic (exact) mass is 254 g/mol. The second-order valence-electron chi connectivity index (χ2n) is 4.99. The van der Waals surface area contributed by atoms with Crippen molar-refractivity contribution in [3.8, 4) is 0 Å². The second-order valence-corrected chi connectivity index (χ2v) is 4.99. The predicted octanol–water partition coefficient (Wildman–Crippen LogP) is 3.97. The Morgan fingerprint density at radius 2 is 1.21 bits per heavy atom. The van der Waals surface area contributed by atoms with E-state index in [1.807, 2.05) is 12.4 Å². The first-order chi connectivity index (χ1) is 9.31. The third kappa shape index (κ3) is 4.16. The van der Waals surface area contributed by atoms with Crippen molar-refractivity contribution in [2.75, 3.05) is 0 Å². The van der Waals surface area contributed by atoms with Crippen LogP contribution in [0.5, 0.6) is 0 Å². The molecule has 0 atom stereocenters. The van der Waals surface area contributed by atoms with Gasteiger partial charge in [-0.15, -0.1) is 0 Å². The van der Waals surface area contributed by atoms with E-state index in [-0.39, 0.29) is 0 Å². The summed E-state index contributed by atoms with van der Waals surface area (Å²) < 4.78 is 0. The molecule has 0 spiro atoms. The maximum atomic E-state index is 4.51. The minimum absolute atomic E-state index is 0.818. The highest BCUT2D eigenvalue weighted by Gasteiger charge is 2.00. The summed E-state index contributed by atoms with van der Waals surface area (Å²) in [6.45, 7) is 4.38. The molecule has 0 N–H and O–H groups in total. The number of aromatic nitrogens is 2. The maximum absolute atomic E-state index is 4.51. The molecular weight excluding hydrogens is 232 g/mol. The first-order valence-corrected chi connectivity index (χ1v) is 7.19. The van der Waals surface area contributed by atoms with Crippen molar-refractivity contribution in [3.05, 3.63) is 59.2 Å². The second kappa shape index (κ2) is 7.03. The van der Waals surface area contributed by atoms with Crippen molar-refractivity contribution in [2.24, 2.45) is 0 Å². The van der Waals surface area contributed by atoms with Gasteiger partial charge in [-0.2, -0.15) is 0 Å². The fraction of sp³-hybridized carbons (Fsp3) is 0.412. The summed E-state index contributed by atoms with van der Waals surface area (Å²) in [5.41, 5.74) is 4.82. The Balaban J connectivity index is 1.99. The highest BCUT2D eigenvalue weighted by atomic mass is 14.7. The first kappa shape index (κ1) is 13.7. The molecule has 0 saturated carbocycles. The standard InChI is InChI=1S/C17H22N2/c1-3-5-14-7-9-16(18-12-14)11-17-10-8-15(6-4-2)13-19-17/h7-10,12-13H,3-6,11H2,1-2H3. The molecule has 100 valence electrons. The van der Waals surface area contributed by atoms with Gasteiger partial charge in [0.05, 0.1) is 0 Å². The lowest BCUT2D eigenvalue weighted by Crippen LogP contribution is -1.97. The number of rotatable bonds is 6. The molecule has 0 aliphatic rings. The summed E-state index contributed by atoms with van der Waals surface area (Å²) in [5.74, 6) is 0. The van der Waals surface area contributed by atoms with Gasteiger partial charge >= 0.3 is 0 Å². The predicted molar refractivity (Wildman–Crippen MR) is 79.3 cm³/mol. The van der Waals surface area contributed by atoms with Gasteiger partial charge in [-0.3, -0.25) is 9.97 Å². The van der Waals surface area contributed by atoms with Gasteiger partial charge < -0.3 is 0 Å². The maximum Gasteiger partial charge on any atom is 0.0463 e. The third-order valence-corrected chi connectivity index (χ3v) is 3.21. The van der Waals surface area contributed by atoms with Gasteiger partial charge in [-0.05, 0) is 36.1 Å². The van der Waals surface area contributed by atoms with Gasteiger partial charge in [0.1, 0.15) is 0 Å². The molecule has 2 rings (SSSR count). The van der Waals surface area contributed by atoms with Crippen LogP contribution in [0.25, 0.3) is 0 Å². The zero-order chi connectivity index (χ0) is 13.5. The Kier molecular flexibility index (Phi) is 5.08. The highest BCUT2D eigenvalue weighted by Crippen LogP contribution is 2.09. The Labute approximate surface area is 115 Å². The molecule has 2 heteroatoms.